The summed E-state index contributed by atoms with van der Waals surface area (Å²) in [4.78, 5) is 4.83. The maximum atomic E-state index is 11.3. The number of piperazine rings is 1. The molecule has 1 fully saturated rings. The summed E-state index contributed by atoms with van der Waals surface area (Å²) in [6.45, 7) is 6.32. The summed E-state index contributed by atoms with van der Waals surface area (Å²) in [7, 11) is 0.0345. The minimum atomic E-state index is -3.27. The van der Waals surface area contributed by atoms with Crippen molar-refractivity contribution >= 4 is 15.7 Å². The number of nitrogens with one attached hydrogen (secondary N) is 1. The molecule has 2 aromatic rings. The first-order valence-corrected chi connectivity index (χ1v) is 12.1. The van der Waals surface area contributed by atoms with Crippen molar-refractivity contribution in [1.29, 1.82) is 0 Å². The zero-order valence-corrected chi connectivity index (χ0v) is 19.2. The van der Waals surface area contributed by atoms with Crippen LogP contribution in [0.15, 0.2) is 42.5 Å². The van der Waals surface area contributed by atoms with Gasteiger partial charge in [-0.05, 0) is 42.0 Å². The summed E-state index contributed by atoms with van der Waals surface area (Å²) in [6.07, 6.45) is 1.13. The second-order valence-corrected chi connectivity index (χ2v) is 9.30. The molecular weight excluding hydrogens is 418 g/mol. The SMILES string of the molecule is COc1ccc(CN2CCN(CCOc3ccc(NS(C)(=O)=O)cc3)CC2)cc1OC. The van der Waals surface area contributed by atoms with Gasteiger partial charge in [0.2, 0.25) is 10.0 Å². The number of hydrogen-bond donors (Lipinski definition) is 1. The second-order valence-electron chi connectivity index (χ2n) is 7.55. The number of sulfonamides is 1. The van der Waals surface area contributed by atoms with Crippen LogP contribution in [0.4, 0.5) is 5.69 Å². The van der Waals surface area contributed by atoms with Gasteiger partial charge in [0.05, 0.1) is 20.5 Å². The normalized spacial score (nSPS) is 15.5. The molecule has 0 aliphatic carbocycles. The van der Waals surface area contributed by atoms with Crippen LogP contribution >= 0.6 is 0 Å². The Bertz CT molecular complexity index is 942. The lowest BCUT2D eigenvalue weighted by atomic mass is 10.1. The molecule has 31 heavy (non-hydrogen) atoms. The third kappa shape index (κ3) is 7.30. The molecule has 8 nitrogen and oxygen atoms in total. The van der Waals surface area contributed by atoms with Crippen LogP contribution in [0, 0.1) is 0 Å². The Balaban J connectivity index is 1.38. The van der Waals surface area contributed by atoms with Crippen molar-refractivity contribution in [2.75, 3.05) is 64.5 Å². The fourth-order valence-electron chi connectivity index (χ4n) is 3.53. The molecule has 0 bridgehead atoms. The number of ether oxygens (including phenoxy) is 3. The van der Waals surface area contributed by atoms with Crippen molar-refractivity contribution in [2.45, 2.75) is 6.54 Å². The van der Waals surface area contributed by atoms with Crippen LogP contribution in [-0.4, -0.2) is 78.0 Å². The largest absolute Gasteiger partial charge is 0.493 e. The van der Waals surface area contributed by atoms with Gasteiger partial charge in [-0.15, -0.1) is 0 Å². The quantitative estimate of drug-likeness (QED) is 0.596. The van der Waals surface area contributed by atoms with E-state index in [1.807, 2.05) is 12.1 Å². The third-order valence-electron chi connectivity index (χ3n) is 5.15. The van der Waals surface area contributed by atoms with E-state index >= 15 is 0 Å². The summed E-state index contributed by atoms with van der Waals surface area (Å²) in [6, 6.07) is 13.0. The number of nitrogens with zero attached hydrogens (tertiary/aromatic N) is 2. The van der Waals surface area contributed by atoms with Crippen LogP contribution in [-0.2, 0) is 16.6 Å². The first-order chi connectivity index (χ1) is 14.9. The maximum Gasteiger partial charge on any atom is 0.229 e. The van der Waals surface area contributed by atoms with Crippen molar-refractivity contribution in [3.8, 4) is 17.2 Å². The molecule has 1 saturated heterocycles. The zero-order valence-electron chi connectivity index (χ0n) is 18.3. The Hall–Kier alpha value is -2.49. The molecule has 0 unspecified atom stereocenters. The number of hydrogen-bond acceptors (Lipinski definition) is 7. The summed E-state index contributed by atoms with van der Waals surface area (Å²) in [5.41, 5.74) is 1.74. The van der Waals surface area contributed by atoms with Gasteiger partial charge in [0.1, 0.15) is 12.4 Å². The van der Waals surface area contributed by atoms with Gasteiger partial charge in [0.15, 0.2) is 11.5 Å². The van der Waals surface area contributed by atoms with Crippen LogP contribution in [0.1, 0.15) is 5.56 Å². The van der Waals surface area contributed by atoms with Crippen LogP contribution < -0.4 is 18.9 Å². The van der Waals surface area contributed by atoms with E-state index in [1.165, 1.54) is 5.56 Å². The highest BCUT2D eigenvalue weighted by molar-refractivity contribution is 7.92. The van der Waals surface area contributed by atoms with Crippen molar-refractivity contribution in [2.24, 2.45) is 0 Å². The van der Waals surface area contributed by atoms with Gasteiger partial charge in [-0.2, -0.15) is 0 Å². The van der Waals surface area contributed by atoms with Crippen LogP contribution in [0.25, 0.3) is 0 Å². The standard InChI is InChI=1S/C22H31N3O5S/c1-28-21-9-4-18(16-22(21)29-2)17-25-12-10-24(11-13-25)14-15-30-20-7-5-19(6-8-20)23-31(3,26)27/h4-9,16,23H,10-15,17H2,1-3H3. The zero-order chi connectivity index (χ0) is 22.3. The topological polar surface area (TPSA) is 80.3 Å². The van der Waals surface area contributed by atoms with E-state index in [9.17, 15) is 8.42 Å². The average molecular weight is 450 g/mol. The molecule has 9 heteroatoms. The number of anilines is 1. The van der Waals surface area contributed by atoms with Crippen LogP contribution in [0.3, 0.4) is 0 Å². The molecule has 0 spiro atoms. The highest BCUT2D eigenvalue weighted by atomic mass is 32.2. The van der Waals surface area contributed by atoms with Gasteiger partial charge < -0.3 is 14.2 Å². The van der Waals surface area contributed by atoms with Gasteiger partial charge in [-0.25, -0.2) is 8.42 Å². The van der Waals surface area contributed by atoms with E-state index in [1.54, 1.807) is 38.5 Å². The molecular formula is C22H31N3O5S. The van der Waals surface area contributed by atoms with E-state index in [0.29, 0.717) is 12.3 Å². The van der Waals surface area contributed by atoms with Crippen LogP contribution in [0.5, 0.6) is 17.2 Å². The Labute approximate surface area is 184 Å². The first-order valence-electron chi connectivity index (χ1n) is 10.2. The predicted molar refractivity (Wildman–Crippen MR) is 122 cm³/mol. The Morgan fingerprint density at radius 3 is 2.16 bits per heavy atom. The van der Waals surface area contributed by atoms with Crippen molar-refractivity contribution in [3.63, 3.8) is 0 Å². The van der Waals surface area contributed by atoms with E-state index < -0.39 is 10.0 Å². The third-order valence-corrected chi connectivity index (χ3v) is 5.76. The Morgan fingerprint density at radius 2 is 1.55 bits per heavy atom. The van der Waals surface area contributed by atoms with Gasteiger partial charge in [0.25, 0.3) is 0 Å². The van der Waals surface area contributed by atoms with Gasteiger partial charge >= 0.3 is 0 Å². The molecule has 1 aliphatic rings. The van der Waals surface area contributed by atoms with Gasteiger partial charge in [-0.1, -0.05) is 6.07 Å². The monoisotopic (exact) mass is 449 g/mol. The molecule has 2 aromatic carbocycles. The fraction of sp³-hybridized carbons (Fsp3) is 0.455. The molecule has 170 valence electrons. The number of methoxy groups -OCH3 is 2. The second kappa shape index (κ2) is 10.7. The lowest BCUT2D eigenvalue weighted by Crippen LogP contribution is -2.47. The molecule has 0 atom stereocenters. The van der Waals surface area contributed by atoms with Crippen molar-refractivity contribution in [3.05, 3.63) is 48.0 Å². The predicted octanol–water partition coefficient (Wildman–Crippen LogP) is 2.27. The van der Waals surface area contributed by atoms with E-state index in [2.05, 4.69) is 20.6 Å². The van der Waals surface area contributed by atoms with Gasteiger partial charge in [0, 0.05) is 45.0 Å². The number of rotatable bonds is 10. The summed E-state index contributed by atoms with van der Waals surface area (Å²) >= 11 is 0. The molecule has 0 aromatic heterocycles. The van der Waals surface area contributed by atoms with Crippen molar-refractivity contribution < 1.29 is 22.6 Å². The van der Waals surface area contributed by atoms with E-state index in [0.717, 1.165) is 62.8 Å². The molecule has 0 saturated carbocycles. The number of benzene rings is 2. The van der Waals surface area contributed by atoms with E-state index in [-0.39, 0.29) is 0 Å². The average Bonchev–Trinajstić information content (AvgIpc) is 2.75. The minimum absolute atomic E-state index is 0.528. The Morgan fingerprint density at radius 1 is 0.903 bits per heavy atom. The smallest absolute Gasteiger partial charge is 0.229 e. The van der Waals surface area contributed by atoms with Crippen molar-refractivity contribution in [1.82, 2.24) is 9.80 Å². The fourth-order valence-corrected chi connectivity index (χ4v) is 4.10. The molecule has 1 aliphatic heterocycles. The highest BCUT2D eigenvalue weighted by Gasteiger charge is 2.17. The molecule has 1 heterocycles. The highest BCUT2D eigenvalue weighted by Crippen LogP contribution is 2.28. The maximum absolute atomic E-state index is 11.3. The summed E-state index contributed by atoms with van der Waals surface area (Å²) < 4.78 is 41.4. The summed E-state index contributed by atoms with van der Waals surface area (Å²) in [5, 5.41) is 0. The Kier molecular flexibility index (Phi) is 8.00. The molecule has 0 radical (unpaired) electrons. The lowest BCUT2D eigenvalue weighted by molar-refractivity contribution is 0.112. The first kappa shape index (κ1) is 23.2. The van der Waals surface area contributed by atoms with E-state index in [4.69, 9.17) is 14.2 Å². The minimum Gasteiger partial charge on any atom is -0.493 e. The molecule has 1 N–H and O–H groups in total. The lowest BCUT2D eigenvalue weighted by Gasteiger charge is -2.34. The molecule has 3 rings (SSSR count). The van der Waals surface area contributed by atoms with Crippen LogP contribution in [0.2, 0.25) is 0 Å². The summed E-state index contributed by atoms with van der Waals surface area (Å²) in [5.74, 6) is 2.24. The molecule has 0 amide bonds. The van der Waals surface area contributed by atoms with Gasteiger partial charge in [-0.3, -0.25) is 14.5 Å².